The Hall–Kier alpha value is -2.63. The van der Waals surface area contributed by atoms with Crippen molar-refractivity contribution in [3.63, 3.8) is 0 Å². The van der Waals surface area contributed by atoms with Crippen molar-refractivity contribution in [2.24, 2.45) is 0 Å². The molecule has 144 valence electrons. The smallest absolute Gasteiger partial charge is 0.354 e. The van der Waals surface area contributed by atoms with Crippen molar-refractivity contribution in [3.05, 3.63) is 59.7 Å². The maximum atomic E-state index is 13.1. The van der Waals surface area contributed by atoms with Gasteiger partial charge in [-0.25, -0.2) is 9.18 Å². The summed E-state index contributed by atoms with van der Waals surface area (Å²) >= 11 is 0. The zero-order chi connectivity index (χ0) is 19.4. The van der Waals surface area contributed by atoms with Crippen LogP contribution in [0.5, 0.6) is 0 Å². The molecular formula is C21H25FN2O3. The normalized spacial score (nSPS) is 16.2. The molecule has 3 rings (SSSR count). The number of carbonyl (C=O) groups is 2. The van der Waals surface area contributed by atoms with Crippen molar-refractivity contribution in [1.29, 1.82) is 0 Å². The number of nitrogens with zero attached hydrogens (tertiary/aromatic N) is 2. The molecule has 1 saturated heterocycles. The molecule has 0 aliphatic carbocycles. The van der Waals surface area contributed by atoms with E-state index in [1.807, 2.05) is 28.7 Å². The van der Waals surface area contributed by atoms with E-state index in [0.717, 1.165) is 18.4 Å². The molecule has 0 N–H and O–H groups in total. The molecule has 1 aromatic carbocycles. The van der Waals surface area contributed by atoms with E-state index in [9.17, 15) is 14.0 Å². The third-order valence-corrected chi connectivity index (χ3v) is 5.30. The summed E-state index contributed by atoms with van der Waals surface area (Å²) in [5, 5.41) is 0. The molecular weight excluding hydrogens is 347 g/mol. The first-order valence-corrected chi connectivity index (χ1v) is 9.28. The first kappa shape index (κ1) is 19.1. The van der Waals surface area contributed by atoms with E-state index >= 15 is 0 Å². The second-order valence-corrected chi connectivity index (χ2v) is 7.06. The van der Waals surface area contributed by atoms with E-state index in [0.29, 0.717) is 25.2 Å². The largest absolute Gasteiger partial charge is 0.464 e. The zero-order valence-corrected chi connectivity index (χ0v) is 15.7. The molecule has 1 aliphatic rings. The van der Waals surface area contributed by atoms with Crippen LogP contribution in [-0.4, -0.2) is 41.5 Å². The number of hydrogen-bond acceptors (Lipinski definition) is 3. The lowest BCUT2D eigenvalue weighted by molar-refractivity contribution is -0.132. The van der Waals surface area contributed by atoms with Gasteiger partial charge in [0.1, 0.15) is 11.5 Å². The van der Waals surface area contributed by atoms with Gasteiger partial charge in [0.05, 0.1) is 7.11 Å². The first-order valence-electron chi connectivity index (χ1n) is 9.28. The van der Waals surface area contributed by atoms with Crippen molar-refractivity contribution >= 4 is 11.9 Å². The number of amides is 1. The summed E-state index contributed by atoms with van der Waals surface area (Å²) < 4.78 is 19.8. The molecule has 0 bridgehead atoms. The topological polar surface area (TPSA) is 51.5 Å². The number of ether oxygens (including phenoxy) is 1. The lowest BCUT2D eigenvalue weighted by Crippen LogP contribution is -2.39. The Bertz CT molecular complexity index is 792. The summed E-state index contributed by atoms with van der Waals surface area (Å²) in [6, 6.07) is 10.1. The molecule has 1 unspecified atom stereocenters. The molecule has 1 aromatic heterocycles. The van der Waals surface area contributed by atoms with Crippen molar-refractivity contribution in [1.82, 2.24) is 9.47 Å². The minimum atomic E-state index is -0.341. The van der Waals surface area contributed by atoms with Crippen LogP contribution in [0.3, 0.4) is 0 Å². The van der Waals surface area contributed by atoms with E-state index < -0.39 is 0 Å². The summed E-state index contributed by atoms with van der Waals surface area (Å²) in [7, 11) is 1.38. The van der Waals surface area contributed by atoms with Gasteiger partial charge in [0.25, 0.3) is 0 Å². The Labute approximate surface area is 158 Å². The number of rotatable bonds is 5. The van der Waals surface area contributed by atoms with E-state index in [4.69, 9.17) is 4.74 Å². The Morgan fingerprint density at radius 2 is 1.85 bits per heavy atom. The number of halogens is 1. The van der Waals surface area contributed by atoms with Crippen molar-refractivity contribution in [2.45, 2.75) is 38.1 Å². The van der Waals surface area contributed by atoms with Crippen LogP contribution < -0.4 is 0 Å². The van der Waals surface area contributed by atoms with Crippen molar-refractivity contribution < 1.29 is 18.7 Å². The summed E-state index contributed by atoms with van der Waals surface area (Å²) in [4.78, 5) is 26.4. The summed E-state index contributed by atoms with van der Waals surface area (Å²) in [5.74, 6) is -0.445. The Balaban J connectivity index is 1.56. The lowest BCUT2D eigenvalue weighted by atomic mass is 9.96. The Morgan fingerprint density at radius 3 is 2.48 bits per heavy atom. The van der Waals surface area contributed by atoms with Crippen molar-refractivity contribution in [2.75, 3.05) is 20.2 Å². The molecule has 1 amide bonds. The van der Waals surface area contributed by atoms with Gasteiger partial charge in [0, 0.05) is 31.7 Å². The predicted octanol–water partition coefficient (Wildman–Crippen LogP) is 3.77. The molecule has 1 aliphatic heterocycles. The van der Waals surface area contributed by atoms with Crippen LogP contribution >= 0.6 is 0 Å². The minimum Gasteiger partial charge on any atom is -0.464 e. The van der Waals surface area contributed by atoms with Gasteiger partial charge in [-0.15, -0.1) is 0 Å². The minimum absolute atomic E-state index is 0.0474. The number of hydrogen-bond donors (Lipinski definition) is 0. The van der Waals surface area contributed by atoms with Gasteiger partial charge in [-0.3, -0.25) is 4.79 Å². The number of likely N-dealkylation sites (tertiary alicyclic amines) is 1. The van der Waals surface area contributed by atoms with Crippen LogP contribution in [0.2, 0.25) is 0 Å². The van der Waals surface area contributed by atoms with Crippen LogP contribution in [0.4, 0.5) is 4.39 Å². The number of methoxy groups -OCH3 is 1. The predicted molar refractivity (Wildman–Crippen MR) is 100 cm³/mol. The number of carbonyl (C=O) groups excluding carboxylic acids is 2. The molecule has 1 fully saturated rings. The quantitative estimate of drug-likeness (QED) is 0.751. The number of esters is 1. The van der Waals surface area contributed by atoms with Gasteiger partial charge in [-0.05, 0) is 48.6 Å². The fourth-order valence-electron chi connectivity index (χ4n) is 3.68. The third-order valence-electron chi connectivity index (χ3n) is 5.30. The molecule has 2 aromatic rings. The molecule has 1 atom stereocenters. The van der Waals surface area contributed by atoms with Crippen LogP contribution in [0, 0.1) is 5.82 Å². The van der Waals surface area contributed by atoms with Gasteiger partial charge < -0.3 is 14.2 Å². The van der Waals surface area contributed by atoms with Crippen LogP contribution in [0.1, 0.15) is 54.2 Å². The van der Waals surface area contributed by atoms with E-state index in [1.165, 1.54) is 19.2 Å². The fourth-order valence-corrected chi connectivity index (χ4v) is 3.68. The third kappa shape index (κ3) is 4.38. The average molecular weight is 372 g/mol. The van der Waals surface area contributed by atoms with Gasteiger partial charge in [-0.2, -0.15) is 0 Å². The Morgan fingerprint density at radius 1 is 1.19 bits per heavy atom. The number of aromatic nitrogens is 1. The van der Waals surface area contributed by atoms with E-state index in [2.05, 4.69) is 0 Å². The molecule has 27 heavy (non-hydrogen) atoms. The van der Waals surface area contributed by atoms with Gasteiger partial charge in [0.15, 0.2) is 0 Å². The highest BCUT2D eigenvalue weighted by atomic mass is 19.1. The fraction of sp³-hybridized carbons (Fsp3) is 0.429. The highest BCUT2D eigenvalue weighted by Crippen LogP contribution is 2.27. The highest BCUT2D eigenvalue weighted by molar-refractivity contribution is 5.87. The molecule has 0 radical (unpaired) electrons. The molecule has 6 heteroatoms. The molecule has 5 nitrogen and oxygen atoms in total. The molecule has 2 heterocycles. The highest BCUT2D eigenvalue weighted by Gasteiger charge is 2.26. The van der Waals surface area contributed by atoms with Gasteiger partial charge >= 0.3 is 5.97 Å². The standard InChI is InChI=1S/C21H25FN2O3/c1-15(16-5-7-17(22)8-6-16)14-20(25)23-12-9-18(10-13-23)24-11-3-4-19(24)21(26)27-2/h3-8,11,15,18H,9-10,12-14H2,1-2H3. The summed E-state index contributed by atoms with van der Waals surface area (Å²) in [6.07, 6.45) is 3.91. The van der Waals surface area contributed by atoms with Crippen LogP contribution in [0.25, 0.3) is 0 Å². The lowest BCUT2D eigenvalue weighted by Gasteiger charge is -2.34. The van der Waals surface area contributed by atoms with Crippen LogP contribution in [0.15, 0.2) is 42.6 Å². The van der Waals surface area contributed by atoms with Gasteiger partial charge in [-0.1, -0.05) is 19.1 Å². The second kappa shape index (κ2) is 8.37. The monoisotopic (exact) mass is 372 g/mol. The zero-order valence-electron chi connectivity index (χ0n) is 15.7. The maximum absolute atomic E-state index is 13.1. The van der Waals surface area contributed by atoms with Crippen molar-refractivity contribution in [3.8, 4) is 0 Å². The Kier molecular flexibility index (Phi) is 5.94. The molecule has 0 spiro atoms. The van der Waals surface area contributed by atoms with Crippen LogP contribution in [-0.2, 0) is 9.53 Å². The second-order valence-electron chi connectivity index (χ2n) is 7.06. The summed E-state index contributed by atoms with van der Waals surface area (Å²) in [6.45, 7) is 3.32. The number of piperidine rings is 1. The average Bonchev–Trinajstić information content (AvgIpc) is 3.17. The first-order chi connectivity index (χ1) is 13.0. The van der Waals surface area contributed by atoms with E-state index in [-0.39, 0.29) is 29.7 Å². The SMILES string of the molecule is COC(=O)c1cccn1C1CCN(C(=O)CC(C)c2ccc(F)cc2)CC1. The number of benzene rings is 1. The van der Waals surface area contributed by atoms with E-state index in [1.54, 1.807) is 18.2 Å². The molecule has 0 saturated carbocycles. The summed E-state index contributed by atoms with van der Waals surface area (Å²) in [5.41, 5.74) is 1.52. The van der Waals surface area contributed by atoms with Gasteiger partial charge in [0.2, 0.25) is 5.91 Å². The maximum Gasteiger partial charge on any atom is 0.354 e.